The van der Waals surface area contributed by atoms with E-state index >= 15 is 0 Å². The Hall–Kier alpha value is -1.90. The maximum Gasteiger partial charge on any atom is 0.534 e. The molecule has 0 aliphatic heterocycles. The monoisotopic (exact) mass is 478 g/mol. The van der Waals surface area contributed by atoms with E-state index < -0.39 is 74.7 Å². The molecular weight excluding hydrogens is 471 g/mol. The first-order valence-corrected chi connectivity index (χ1v) is 9.06. The second-order valence-electron chi connectivity index (χ2n) is 5.55. The fourth-order valence-electron chi connectivity index (χ4n) is 2.30. The number of aryl methyl sites for hydroxylation is 1. The first-order chi connectivity index (χ1) is 12.9. The van der Waals surface area contributed by atoms with Crippen molar-refractivity contribution in [2.24, 2.45) is 0 Å². The lowest BCUT2D eigenvalue weighted by atomic mass is 10.1. The largest absolute Gasteiger partial charge is 0.534 e. The molecule has 164 valence electrons. The van der Waals surface area contributed by atoms with Gasteiger partial charge in [-0.15, -0.1) is 0 Å². The summed E-state index contributed by atoms with van der Waals surface area (Å²) in [5.74, 6) is -1.23. The third kappa shape index (κ3) is 5.18. The maximum absolute atomic E-state index is 13.2. The minimum Gasteiger partial charge on any atom is -0.374 e. The second-order valence-corrected chi connectivity index (χ2v) is 7.44. The molecule has 1 heterocycles. The number of hydrogen-bond acceptors (Lipinski definition) is 4. The lowest BCUT2D eigenvalue weighted by molar-refractivity contribution is -0.136. The van der Waals surface area contributed by atoms with Gasteiger partial charge in [-0.05, 0) is 18.6 Å². The van der Waals surface area contributed by atoms with Crippen LogP contribution in [0.3, 0.4) is 0 Å². The quantitative estimate of drug-likeness (QED) is 0.333. The normalized spacial score (nSPS) is 13.9. The summed E-state index contributed by atoms with van der Waals surface area (Å²) < 4.78 is 141. The van der Waals surface area contributed by atoms with Gasteiger partial charge in [-0.25, -0.2) is 0 Å². The lowest BCUT2D eigenvalue weighted by Gasteiger charge is -2.14. The predicted octanol–water partition coefficient (Wildman–Crippen LogP) is 5.28. The Morgan fingerprint density at radius 2 is 1.62 bits per heavy atom. The molecule has 0 radical (unpaired) electrons. The van der Waals surface area contributed by atoms with Crippen LogP contribution in [-0.4, -0.2) is 29.9 Å². The summed E-state index contributed by atoms with van der Waals surface area (Å²) in [5, 5.41) is 1.47. The molecule has 0 atom stereocenters. The number of alkyl halides is 9. The molecule has 0 bridgehead atoms. The average Bonchev–Trinajstić information content (AvgIpc) is 2.81. The molecule has 0 N–H and O–H groups in total. The summed E-state index contributed by atoms with van der Waals surface area (Å²) in [6, 6.07) is 0.504. The van der Waals surface area contributed by atoms with Gasteiger partial charge in [-0.3, -0.25) is 4.68 Å². The van der Waals surface area contributed by atoms with Gasteiger partial charge >= 0.3 is 28.0 Å². The van der Waals surface area contributed by atoms with Crippen LogP contribution in [0.2, 0.25) is 5.15 Å². The third-order valence-electron chi connectivity index (χ3n) is 3.43. The van der Waals surface area contributed by atoms with Crippen molar-refractivity contribution >= 4 is 32.6 Å². The SMILES string of the molecule is O=S(=O)(Oc1ccc(C(F)(F)F)c2c(Cl)nn(CCCC(F)(F)F)c12)C(F)(F)F. The maximum atomic E-state index is 13.2. The minimum atomic E-state index is -6.29. The predicted molar refractivity (Wildman–Crippen MR) is 80.6 cm³/mol. The molecule has 29 heavy (non-hydrogen) atoms. The molecule has 0 saturated carbocycles. The molecule has 0 fully saturated rings. The highest BCUT2D eigenvalue weighted by Crippen LogP contribution is 2.42. The molecule has 0 aliphatic carbocycles. The summed E-state index contributed by atoms with van der Waals surface area (Å²) >= 11 is 5.61. The van der Waals surface area contributed by atoms with Crippen molar-refractivity contribution in [3.05, 3.63) is 22.8 Å². The Balaban J connectivity index is 2.65. The Bertz CT molecular complexity index is 1010. The van der Waals surface area contributed by atoms with Crippen molar-refractivity contribution < 1.29 is 52.1 Å². The number of fused-ring (bicyclic) bond motifs is 1. The van der Waals surface area contributed by atoms with E-state index in [9.17, 15) is 47.9 Å². The van der Waals surface area contributed by atoms with E-state index in [0.717, 1.165) is 0 Å². The lowest BCUT2D eigenvalue weighted by Crippen LogP contribution is -2.28. The highest BCUT2D eigenvalue weighted by atomic mass is 35.5. The average molecular weight is 479 g/mol. The van der Waals surface area contributed by atoms with Crippen LogP contribution in [-0.2, 0) is 22.8 Å². The molecule has 0 unspecified atom stereocenters. The number of hydrogen-bond donors (Lipinski definition) is 0. The molecule has 0 aliphatic rings. The number of benzene rings is 1. The van der Waals surface area contributed by atoms with E-state index in [2.05, 4.69) is 9.28 Å². The van der Waals surface area contributed by atoms with Gasteiger partial charge in [-0.2, -0.15) is 53.0 Å². The van der Waals surface area contributed by atoms with Gasteiger partial charge in [-0.1, -0.05) is 11.6 Å². The van der Waals surface area contributed by atoms with Crippen LogP contribution in [0.15, 0.2) is 12.1 Å². The Morgan fingerprint density at radius 1 is 1.03 bits per heavy atom. The molecule has 1 aromatic carbocycles. The zero-order chi connectivity index (χ0) is 22.4. The standard InChI is InChI=1S/C13H8ClF9N2O3S/c14-10-8-6(12(18,19)20)2-3-7(28-29(26,27)13(21,22)23)9(8)25(24-10)5-1-4-11(15,16)17/h2-3H,1,4-5H2. The number of rotatable bonds is 5. The first-order valence-electron chi connectivity index (χ1n) is 7.28. The van der Waals surface area contributed by atoms with Crippen LogP contribution in [0.5, 0.6) is 5.75 Å². The zero-order valence-electron chi connectivity index (χ0n) is 13.6. The van der Waals surface area contributed by atoms with Gasteiger partial charge in [0.25, 0.3) is 0 Å². The summed E-state index contributed by atoms with van der Waals surface area (Å²) in [6.45, 7) is -0.730. The van der Waals surface area contributed by atoms with Crippen molar-refractivity contribution in [3.63, 3.8) is 0 Å². The van der Waals surface area contributed by atoms with Crippen LogP contribution in [0, 0.1) is 0 Å². The molecule has 2 aromatic rings. The molecule has 0 spiro atoms. The first kappa shape index (κ1) is 23.4. The Morgan fingerprint density at radius 3 is 2.10 bits per heavy atom. The van der Waals surface area contributed by atoms with Crippen LogP contribution in [0.1, 0.15) is 18.4 Å². The van der Waals surface area contributed by atoms with Crippen molar-refractivity contribution in [2.45, 2.75) is 37.2 Å². The van der Waals surface area contributed by atoms with Gasteiger partial charge in [0.15, 0.2) is 10.9 Å². The van der Waals surface area contributed by atoms with Crippen LogP contribution < -0.4 is 4.18 Å². The van der Waals surface area contributed by atoms with Crippen LogP contribution >= 0.6 is 11.6 Å². The van der Waals surface area contributed by atoms with Crippen molar-refractivity contribution in [1.29, 1.82) is 0 Å². The van der Waals surface area contributed by atoms with E-state index in [4.69, 9.17) is 11.6 Å². The molecule has 16 heteroatoms. The summed E-state index contributed by atoms with van der Waals surface area (Å²) in [4.78, 5) is 0. The van der Waals surface area contributed by atoms with Crippen molar-refractivity contribution in [1.82, 2.24) is 9.78 Å². The minimum absolute atomic E-state index is 0.219. The molecule has 1 aromatic heterocycles. The van der Waals surface area contributed by atoms with E-state index in [-0.39, 0.29) is 12.1 Å². The molecule has 0 saturated heterocycles. The van der Waals surface area contributed by atoms with Gasteiger partial charge in [0.2, 0.25) is 0 Å². The Labute approximate surface area is 161 Å². The van der Waals surface area contributed by atoms with E-state index in [0.29, 0.717) is 4.68 Å². The second kappa shape index (κ2) is 7.41. The molecule has 2 rings (SSSR count). The molecule has 0 amide bonds. The van der Waals surface area contributed by atoms with E-state index in [1.807, 2.05) is 0 Å². The molecule has 5 nitrogen and oxygen atoms in total. The summed E-state index contributed by atoms with van der Waals surface area (Å²) in [6.07, 6.45) is -11.8. The van der Waals surface area contributed by atoms with E-state index in [1.165, 1.54) is 0 Å². The van der Waals surface area contributed by atoms with Gasteiger partial charge in [0, 0.05) is 13.0 Å². The Kier molecular flexibility index (Phi) is 5.98. The smallest absolute Gasteiger partial charge is 0.374 e. The van der Waals surface area contributed by atoms with E-state index in [1.54, 1.807) is 0 Å². The van der Waals surface area contributed by atoms with Crippen molar-refractivity contribution in [3.8, 4) is 5.75 Å². The fraction of sp³-hybridized carbons (Fsp3) is 0.462. The number of halogens is 10. The topological polar surface area (TPSA) is 61.2 Å². The highest BCUT2D eigenvalue weighted by Gasteiger charge is 2.49. The highest BCUT2D eigenvalue weighted by molar-refractivity contribution is 7.88. The van der Waals surface area contributed by atoms with Crippen LogP contribution in [0.4, 0.5) is 39.5 Å². The van der Waals surface area contributed by atoms with Crippen molar-refractivity contribution in [2.75, 3.05) is 0 Å². The number of aromatic nitrogens is 2. The fourth-order valence-corrected chi connectivity index (χ4v) is 3.05. The number of nitrogens with zero attached hydrogens (tertiary/aromatic N) is 2. The summed E-state index contributed by atoms with van der Waals surface area (Å²) in [5.41, 5.74) is -8.34. The summed E-state index contributed by atoms with van der Waals surface area (Å²) in [7, 11) is -6.29. The third-order valence-corrected chi connectivity index (χ3v) is 4.66. The molecular formula is C13H8ClF9N2O3S. The van der Waals surface area contributed by atoms with Gasteiger partial charge in [0.1, 0.15) is 5.52 Å². The van der Waals surface area contributed by atoms with Crippen LogP contribution in [0.25, 0.3) is 10.9 Å². The van der Waals surface area contributed by atoms with Gasteiger partial charge < -0.3 is 4.18 Å². The van der Waals surface area contributed by atoms with Gasteiger partial charge in [0.05, 0.1) is 10.9 Å². The zero-order valence-corrected chi connectivity index (χ0v) is 15.2.